The Bertz CT molecular complexity index is 1660. The number of aldehydes is 1. The zero-order chi connectivity index (χ0) is 33.7. The van der Waals surface area contributed by atoms with Gasteiger partial charge in [-0.1, -0.05) is 30.4 Å². The number of allylic oxidation sites excluding steroid dienone is 2. The van der Waals surface area contributed by atoms with Crippen molar-refractivity contribution in [1.82, 2.24) is 35.5 Å². The number of hydrogen-bond acceptors (Lipinski definition) is 5. The van der Waals surface area contributed by atoms with Gasteiger partial charge in [-0.3, -0.25) is 10.00 Å². The standard InChI is InChI=1S/C34H40F3N7O3/c1-4-5-25-19-44(33(47)39-22(25)2)28-12-14-43(15-13-28)32(46)40-27(21-45)16-24-8-11-31-29(17-38-41-31)30(24)20-42(3)18-23-6-9-26(10-7-23)34(35,36)37/h4-11,17,21,27-28H,12-16,18-20H2,1-3H3,(H,38,41)(H,39,47)(H,40,46)/b5-4-/t27-/m1/s1. The third-order valence-electron chi connectivity index (χ3n) is 8.85. The Kier molecular flexibility index (Phi) is 10.3. The van der Waals surface area contributed by atoms with E-state index in [2.05, 4.69) is 20.8 Å². The molecular formula is C34H40F3N7O3. The Balaban J connectivity index is 1.21. The third kappa shape index (κ3) is 8.02. The predicted molar refractivity (Wildman–Crippen MR) is 172 cm³/mol. The monoisotopic (exact) mass is 651 g/mol. The van der Waals surface area contributed by atoms with E-state index in [1.54, 1.807) is 11.1 Å². The molecule has 1 fully saturated rings. The highest BCUT2D eigenvalue weighted by Crippen LogP contribution is 2.30. The highest BCUT2D eigenvalue weighted by Gasteiger charge is 2.33. The van der Waals surface area contributed by atoms with Gasteiger partial charge in [0.1, 0.15) is 6.29 Å². The number of aromatic nitrogens is 2. The first-order valence-electron chi connectivity index (χ1n) is 15.7. The highest BCUT2D eigenvalue weighted by atomic mass is 19.4. The maximum atomic E-state index is 13.3. The molecule has 3 heterocycles. The molecule has 2 aliphatic heterocycles. The van der Waals surface area contributed by atoms with Crippen molar-refractivity contribution in [3.63, 3.8) is 0 Å². The summed E-state index contributed by atoms with van der Waals surface area (Å²) in [5.41, 5.74) is 4.52. The first-order chi connectivity index (χ1) is 22.5. The second kappa shape index (κ2) is 14.4. The molecule has 10 nitrogen and oxygen atoms in total. The number of hydrogen-bond donors (Lipinski definition) is 3. The van der Waals surface area contributed by atoms with Gasteiger partial charge in [-0.05, 0) is 80.6 Å². The van der Waals surface area contributed by atoms with Crippen molar-refractivity contribution in [2.24, 2.45) is 0 Å². The van der Waals surface area contributed by atoms with Gasteiger partial charge in [0, 0.05) is 49.8 Å². The number of nitrogens with one attached hydrogen (secondary N) is 3. The van der Waals surface area contributed by atoms with Crippen molar-refractivity contribution in [1.29, 1.82) is 0 Å². The molecule has 47 heavy (non-hydrogen) atoms. The van der Waals surface area contributed by atoms with Crippen molar-refractivity contribution in [3.8, 4) is 0 Å². The number of urea groups is 2. The minimum absolute atomic E-state index is 0.00177. The van der Waals surface area contributed by atoms with Gasteiger partial charge in [0.15, 0.2) is 0 Å². The van der Waals surface area contributed by atoms with E-state index < -0.39 is 17.8 Å². The SMILES string of the molecule is C/C=C\C1=C(C)NC(=O)N(C2CCN(C(=O)N[C@@H](C=O)Cc3ccc4[nH]ncc4c3CN(C)Cc3ccc(C(F)(F)F)cc3)CC2)C1. The molecule has 0 unspecified atom stereocenters. The lowest BCUT2D eigenvalue weighted by atomic mass is 9.97. The quantitative estimate of drug-likeness (QED) is 0.255. The number of piperidine rings is 1. The van der Waals surface area contributed by atoms with Crippen molar-refractivity contribution in [2.75, 3.05) is 26.7 Å². The van der Waals surface area contributed by atoms with Crippen LogP contribution in [0.4, 0.5) is 22.8 Å². The minimum atomic E-state index is -4.39. The largest absolute Gasteiger partial charge is 0.416 e. The molecule has 0 saturated carbocycles. The van der Waals surface area contributed by atoms with Crippen LogP contribution in [0.2, 0.25) is 0 Å². The first kappa shape index (κ1) is 33.7. The molecule has 250 valence electrons. The van der Waals surface area contributed by atoms with Crippen molar-refractivity contribution in [3.05, 3.63) is 88.3 Å². The summed E-state index contributed by atoms with van der Waals surface area (Å²) < 4.78 is 39.0. The van der Waals surface area contributed by atoms with Gasteiger partial charge in [0.05, 0.1) is 23.3 Å². The zero-order valence-corrected chi connectivity index (χ0v) is 26.7. The Morgan fingerprint density at radius 2 is 1.87 bits per heavy atom. The topological polar surface area (TPSA) is 114 Å². The number of halogens is 3. The minimum Gasteiger partial charge on any atom is -0.328 e. The van der Waals surface area contributed by atoms with Gasteiger partial charge in [-0.2, -0.15) is 18.3 Å². The van der Waals surface area contributed by atoms with Crippen LogP contribution in [-0.2, 0) is 30.5 Å². The summed E-state index contributed by atoms with van der Waals surface area (Å²) in [4.78, 5) is 43.7. The lowest BCUT2D eigenvalue weighted by Crippen LogP contribution is -2.55. The van der Waals surface area contributed by atoms with Gasteiger partial charge in [-0.15, -0.1) is 0 Å². The smallest absolute Gasteiger partial charge is 0.328 e. The molecule has 0 bridgehead atoms. The first-order valence-corrected chi connectivity index (χ1v) is 15.7. The van der Waals surface area contributed by atoms with Crippen LogP contribution in [0.5, 0.6) is 0 Å². The highest BCUT2D eigenvalue weighted by molar-refractivity contribution is 5.84. The molecule has 2 aliphatic rings. The molecule has 3 N–H and O–H groups in total. The van der Waals surface area contributed by atoms with Gasteiger partial charge < -0.3 is 25.2 Å². The number of carbonyl (C=O) groups is 3. The molecule has 0 aliphatic carbocycles. The second-order valence-electron chi connectivity index (χ2n) is 12.2. The third-order valence-corrected chi connectivity index (χ3v) is 8.85. The van der Waals surface area contributed by atoms with E-state index >= 15 is 0 Å². The number of H-pyrrole nitrogens is 1. The molecule has 1 saturated heterocycles. The summed E-state index contributed by atoms with van der Waals surface area (Å²) >= 11 is 0. The van der Waals surface area contributed by atoms with E-state index in [0.29, 0.717) is 45.6 Å². The summed E-state index contributed by atoms with van der Waals surface area (Å²) in [7, 11) is 1.87. The number of likely N-dealkylation sites (tertiary alicyclic amines) is 1. The van der Waals surface area contributed by atoms with Crippen LogP contribution >= 0.6 is 0 Å². The number of rotatable bonds is 10. The molecule has 2 aromatic carbocycles. The number of alkyl halides is 3. The van der Waals surface area contributed by atoms with Crippen LogP contribution in [0.25, 0.3) is 10.9 Å². The molecule has 1 aromatic heterocycles. The average Bonchev–Trinajstić information content (AvgIpc) is 3.52. The van der Waals surface area contributed by atoms with Crippen LogP contribution in [0.1, 0.15) is 48.9 Å². The van der Waals surface area contributed by atoms with Crippen LogP contribution in [0.15, 0.2) is 66.0 Å². The Morgan fingerprint density at radius 3 is 2.53 bits per heavy atom. The maximum Gasteiger partial charge on any atom is 0.416 e. The fraction of sp³-hybridized carbons (Fsp3) is 0.412. The van der Waals surface area contributed by atoms with E-state index in [0.717, 1.165) is 57.3 Å². The van der Waals surface area contributed by atoms with Gasteiger partial charge in [-0.25, -0.2) is 9.59 Å². The number of aromatic amines is 1. The number of nitrogens with zero attached hydrogens (tertiary/aromatic N) is 4. The number of amides is 4. The zero-order valence-electron chi connectivity index (χ0n) is 26.7. The fourth-order valence-electron chi connectivity index (χ4n) is 6.30. The number of fused-ring (bicyclic) bond motifs is 1. The molecule has 0 radical (unpaired) electrons. The molecule has 0 spiro atoms. The molecule has 1 atom stereocenters. The summed E-state index contributed by atoms with van der Waals surface area (Å²) in [6, 6.07) is 7.63. The summed E-state index contributed by atoms with van der Waals surface area (Å²) in [6.07, 6.45) is 3.50. The van der Waals surface area contributed by atoms with Gasteiger partial charge in [0.25, 0.3) is 0 Å². The van der Waals surface area contributed by atoms with Gasteiger partial charge >= 0.3 is 18.2 Å². The second-order valence-corrected chi connectivity index (χ2v) is 12.2. The number of carbonyl (C=O) groups excluding carboxylic acids is 3. The lowest BCUT2D eigenvalue weighted by molar-refractivity contribution is -0.137. The van der Waals surface area contributed by atoms with Crippen molar-refractivity contribution < 1.29 is 27.6 Å². The molecular weight excluding hydrogens is 611 g/mol. The van der Waals surface area contributed by atoms with E-state index in [4.69, 9.17) is 0 Å². The van der Waals surface area contributed by atoms with E-state index in [9.17, 15) is 27.6 Å². The summed E-state index contributed by atoms with van der Waals surface area (Å²) in [5.74, 6) is 0. The molecule has 3 aromatic rings. The average molecular weight is 652 g/mol. The van der Waals surface area contributed by atoms with Crippen molar-refractivity contribution >= 4 is 29.3 Å². The summed E-state index contributed by atoms with van der Waals surface area (Å²) in [6.45, 7) is 6.10. The van der Waals surface area contributed by atoms with Crippen LogP contribution in [0.3, 0.4) is 0 Å². The van der Waals surface area contributed by atoms with E-state index in [1.807, 2.05) is 55.0 Å². The van der Waals surface area contributed by atoms with Gasteiger partial charge in [0.2, 0.25) is 0 Å². The number of benzene rings is 2. The van der Waals surface area contributed by atoms with Crippen LogP contribution in [0, 0.1) is 0 Å². The Hall–Kier alpha value is -4.65. The predicted octanol–water partition coefficient (Wildman–Crippen LogP) is 5.37. The summed E-state index contributed by atoms with van der Waals surface area (Å²) in [5, 5.41) is 13.8. The Morgan fingerprint density at radius 1 is 1.15 bits per heavy atom. The fourth-order valence-corrected chi connectivity index (χ4v) is 6.30. The Labute approximate surface area is 271 Å². The molecule has 4 amide bonds. The molecule has 13 heteroatoms. The van der Waals surface area contributed by atoms with E-state index in [1.165, 1.54) is 12.1 Å². The maximum absolute atomic E-state index is 13.3. The van der Waals surface area contributed by atoms with Crippen molar-refractivity contribution in [2.45, 2.75) is 64.5 Å². The molecule has 5 rings (SSSR count). The van der Waals surface area contributed by atoms with E-state index in [-0.39, 0.29) is 24.5 Å². The van der Waals surface area contributed by atoms with Crippen LogP contribution in [-0.4, -0.2) is 82.0 Å². The lowest BCUT2D eigenvalue weighted by Gasteiger charge is -2.40. The van der Waals surface area contributed by atoms with Crippen LogP contribution < -0.4 is 10.6 Å². The normalized spacial score (nSPS) is 17.1.